The molecular weight excluding hydrogens is 273 g/mol. The number of nitrogens with zero attached hydrogens (tertiary/aromatic N) is 3. The van der Waals surface area contributed by atoms with Gasteiger partial charge >= 0.3 is 6.03 Å². The van der Waals surface area contributed by atoms with Gasteiger partial charge in [0.05, 0.1) is 17.7 Å². The van der Waals surface area contributed by atoms with E-state index >= 15 is 0 Å². The van der Waals surface area contributed by atoms with E-state index in [4.69, 9.17) is 10.7 Å². The van der Waals surface area contributed by atoms with Gasteiger partial charge in [0.2, 0.25) is 0 Å². The largest absolute Gasteiger partial charge is 0.330 e. The summed E-state index contributed by atoms with van der Waals surface area (Å²) >= 11 is 0. The van der Waals surface area contributed by atoms with Crippen molar-refractivity contribution in [1.82, 2.24) is 14.9 Å². The first-order valence-corrected chi connectivity index (χ1v) is 6.12. The summed E-state index contributed by atoms with van der Waals surface area (Å²) in [5.41, 5.74) is 0.598. The van der Waals surface area contributed by atoms with Gasteiger partial charge in [0.15, 0.2) is 0 Å². The molecule has 1 heterocycles. The lowest BCUT2D eigenvalue weighted by atomic mass is 10.0. The number of aromatic nitrogens is 2. The number of rotatable bonds is 4. The van der Waals surface area contributed by atoms with E-state index in [1.54, 1.807) is 0 Å². The second-order valence-electron chi connectivity index (χ2n) is 4.30. The molecule has 0 unspecified atom stereocenters. The molecule has 2 rings (SSSR count). The molecule has 2 aromatic rings. The first-order valence-electron chi connectivity index (χ1n) is 6.12. The second-order valence-corrected chi connectivity index (χ2v) is 4.30. The van der Waals surface area contributed by atoms with Gasteiger partial charge in [0.1, 0.15) is 12.1 Å². The maximum absolute atomic E-state index is 13.5. The fourth-order valence-electron chi connectivity index (χ4n) is 1.88. The van der Waals surface area contributed by atoms with Crippen molar-refractivity contribution in [2.75, 3.05) is 0 Å². The van der Waals surface area contributed by atoms with Crippen LogP contribution >= 0.6 is 0 Å². The fourth-order valence-corrected chi connectivity index (χ4v) is 1.88. The molecule has 106 valence electrons. The molecule has 0 saturated heterocycles. The quantitative estimate of drug-likeness (QED) is 0.843. The molecule has 1 amide bonds. The highest BCUT2D eigenvalue weighted by molar-refractivity contribution is 5.77. The Labute approximate surface area is 120 Å². The van der Waals surface area contributed by atoms with Crippen molar-refractivity contribution >= 4 is 12.2 Å². The average Bonchev–Trinajstić information content (AvgIpc) is 3.00. The Morgan fingerprint density at radius 3 is 3.00 bits per heavy atom. The average molecular weight is 285 g/mol. The fraction of sp³-hybridized carbons (Fsp3) is 0.143. The van der Waals surface area contributed by atoms with Crippen LogP contribution < -0.4 is 5.32 Å². The number of imidazole rings is 1. The van der Waals surface area contributed by atoms with Crippen molar-refractivity contribution in [1.29, 1.82) is 10.7 Å². The minimum Gasteiger partial charge on any atom is -0.330 e. The normalized spacial score (nSPS) is 11.4. The molecule has 7 heteroatoms. The van der Waals surface area contributed by atoms with Gasteiger partial charge in [-0.25, -0.2) is 14.2 Å². The van der Waals surface area contributed by atoms with Crippen molar-refractivity contribution in [2.45, 2.75) is 12.5 Å². The van der Waals surface area contributed by atoms with Gasteiger partial charge in [-0.3, -0.25) is 4.57 Å². The van der Waals surface area contributed by atoms with E-state index in [1.807, 2.05) is 6.07 Å². The van der Waals surface area contributed by atoms with Crippen LogP contribution in [-0.2, 0) is 0 Å². The lowest BCUT2D eigenvalue weighted by Crippen LogP contribution is -2.32. The van der Waals surface area contributed by atoms with Gasteiger partial charge in [-0.1, -0.05) is 0 Å². The number of hydrogen-bond donors (Lipinski definition) is 2. The summed E-state index contributed by atoms with van der Waals surface area (Å²) in [6.07, 6.45) is 5.58. The second kappa shape index (κ2) is 6.43. The third kappa shape index (κ3) is 3.51. The molecule has 1 atom stereocenters. The minimum absolute atomic E-state index is 0.164. The Morgan fingerprint density at radius 1 is 1.57 bits per heavy atom. The molecule has 0 saturated carbocycles. The molecule has 6 nitrogen and oxygen atoms in total. The van der Waals surface area contributed by atoms with E-state index in [0.717, 1.165) is 12.3 Å². The number of hydrogen-bond acceptors (Lipinski definition) is 4. The summed E-state index contributed by atoms with van der Waals surface area (Å²) < 4.78 is 14.7. The third-order valence-electron chi connectivity index (χ3n) is 2.84. The molecule has 2 N–H and O–H groups in total. The summed E-state index contributed by atoms with van der Waals surface area (Å²) in [5.74, 6) is -0.559. The SMILES string of the molecule is N#Cc1cc(F)cc([C@H](CC=N)NC(=O)n2ccnc2)c1. The first-order chi connectivity index (χ1) is 10.1. The number of nitrogens with one attached hydrogen (secondary N) is 2. The van der Waals surface area contributed by atoms with Gasteiger partial charge in [-0.15, -0.1) is 0 Å². The molecule has 21 heavy (non-hydrogen) atoms. The van der Waals surface area contributed by atoms with E-state index < -0.39 is 17.9 Å². The molecule has 1 aromatic heterocycles. The Bertz CT molecular complexity index is 690. The van der Waals surface area contributed by atoms with Crippen molar-refractivity contribution in [2.24, 2.45) is 0 Å². The minimum atomic E-state index is -0.597. The maximum Gasteiger partial charge on any atom is 0.327 e. The van der Waals surface area contributed by atoms with E-state index in [1.165, 1.54) is 35.4 Å². The van der Waals surface area contributed by atoms with Crippen LogP contribution in [0.15, 0.2) is 36.9 Å². The highest BCUT2D eigenvalue weighted by Crippen LogP contribution is 2.19. The predicted octanol–water partition coefficient (Wildman–Crippen LogP) is 2.23. The van der Waals surface area contributed by atoms with Crippen LogP contribution in [0.4, 0.5) is 9.18 Å². The van der Waals surface area contributed by atoms with Crippen LogP contribution in [0.1, 0.15) is 23.6 Å². The third-order valence-corrected chi connectivity index (χ3v) is 2.84. The molecule has 0 fully saturated rings. The van der Waals surface area contributed by atoms with Gasteiger partial charge in [-0.2, -0.15) is 5.26 Å². The zero-order valence-electron chi connectivity index (χ0n) is 11.0. The van der Waals surface area contributed by atoms with Crippen LogP contribution in [0.25, 0.3) is 0 Å². The van der Waals surface area contributed by atoms with Crippen molar-refractivity contribution in [3.05, 3.63) is 53.9 Å². The molecule has 1 aromatic carbocycles. The van der Waals surface area contributed by atoms with Crippen LogP contribution in [-0.4, -0.2) is 21.8 Å². The molecule has 0 radical (unpaired) electrons. The van der Waals surface area contributed by atoms with Crippen LogP contribution in [0.2, 0.25) is 0 Å². The Balaban J connectivity index is 2.27. The molecule has 0 aliphatic rings. The highest BCUT2D eigenvalue weighted by atomic mass is 19.1. The zero-order valence-corrected chi connectivity index (χ0v) is 11.0. The Kier molecular flexibility index (Phi) is 4.41. The molecule has 0 spiro atoms. The molecule has 0 bridgehead atoms. The Morgan fingerprint density at radius 2 is 2.38 bits per heavy atom. The topological polar surface area (TPSA) is 94.6 Å². The smallest absolute Gasteiger partial charge is 0.327 e. The van der Waals surface area contributed by atoms with Crippen molar-refractivity contribution in [3.8, 4) is 6.07 Å². The number of amides is 1. The van der Waals surface area contributed by atoms with E-state index in [-0.39, 0.29) is 12.0 Å². The van der Waals surface area contributed by atoms with E-state index in [9.17, 15) is 9.18 Å². The Hall–Kier alpha value is -3.01. The summed E-state index contributed by atoms with van der Waals surface area (Å²) in [5, 5.41) is 18.7. The van der Waals surface area contributed by atoms with Crippen LogP contribution in [0, 0.1) is 22.6 Å². The number of nitriles is 1. The van der Waals surface area contributed by atoms with E-state index in [0.29, 0.717) is 5.56 Å². The first kappa shape index (κ1) is 14.4. The number of carbonyl (C=O) groups is 1. The van der Waals surface area contributed by atoms with Gasteiger partial charge in [-0.05, 0) is 30.0 Å². The number of halogens is 1. The molecular formula is C14H12FN5O. The molecule has 0 aliphatic carbocycles. The summed E-state index contributed by atoms with van der Waals surface area (Å²) in [7, 11) is 0. The maximum atomic E-state index is 13.5. The zero-order chi connectivity index (χ0) is 15.2. The standard InChI is InChI=1S/C14H12FN5O/c15-12-6-10(8-17)5-11(7-12)13(1-2-16)19-14(21)20-4-3-18-9-20/h2-7,9,13,16H,1H2,(H,19,21)/t13-/m0/s1. The lowest BCUT2D eigenvalue weighted by molar-refractivity contribution is 0.239. The highest BCUT2D eigenvalue weighted by Gasteiger charge is 2.16. The van der Waals surface area contributed by atoms with E-state index in [2.05, 4.69) is 10.3 Å². The monoisotopic (exact) mass is 285 g/mol. The van der Waals surface area contributed by atoms with Gasteiger partial charge < -0.3 is 10.7 Å². The predicted molar refractivity (Wildman–Crippen MR) is 73.4 cm³/mol. The van der Waals surface area contributed by atoms with Crippen LogP contribution in [0.3, 0.4) is 0 Å². The lowest BCUT2D eigenvalue weighted by Gasteiger charge is -2.17. The number of benzene rings is 1. The molecule has 0 aliphatic heterocycles. The van der Waals surface area contributed by atoms with Gasteiger partial charge in [0, 0.05) is 18.8 Å². The van der Waals surface area contributed by atoms with Crippen LogP contribution in [0.5, 0.6) is 0 Å². The van der Waals surface area contributed by atoms with Crippen molar-refractivity contribution < 1.29 is 9.18 Å². The summed E-state index contributed by atoms with van der Waals surface area (Å²) in [6, 6.07) is 4.67. The number of carbonyl (C=O) groups excluding carboxylic acids is 1. The van der Waals surface area contributed by atoms with Gasteiger partial charge in [0.25, 0.3) is 0 Å². The summed E-state index contributed by atoms with van der Waals surface area (Å²) in [6.45, 7) is 0. The van der Waals surface area contributed by atoms with Crippen molar-refractivity contribution in [3.63, 3.8) is 0 Å². The summed E-state index contributed by atoms with van der Waals surface area (Å²) in [4.78, 5) is 15.7.